The molecule has 2 heterocycles. The molecule has 0 spiro atoms. The van der Waals surface area contributed by atoms with Crippen molar-refractivity contribution in [2.75, 3.05) is 7.11 Å². The summed E-state index contributed by atoms with van der Waals surface area (Å²) < 4.78 is 7.60. The smallest absolute Gasteiger partial charge is 0.281 e. The first kappa shape index (κ1) is 13.9. The first-order valence-corrected chi connectivity index (χ1v) is 7.91. The van der Waals surface area contributed by atoms with Crippen LogP contribution in [-0.2, 0) is 0 Å². The summed E-state index contributed by atoms with van der Waals surface area (Å²) in [7, 11) is 1.58. The average Bonchev–Trinajstić information content (AvgIpc) is 3.00. The summed E-state index contributed by atoms with van der Waals surface area (Å²) in [5.74, 6) is 0.646. The normalized spacial score (nSPS) is 11.2. The molecule has 0 bridgehead atoms. The van der Waals surface area contributed by atoms with Crippen molar-refractivity contribution in [3.63, 3.8) is 0 Å². The maximum Gasteiger partial charge on any atom is 0.281 e. The molecule has 4 rings (SSSR count). The molecule has 0 amide bonds. The molecule has 23 heavy (non-hydrogen) atoms. The lowest BCUT2D eigenvalue weighted by molar-refractivity contribution is 0.415. The van der Waals surface area contributed by atoms with Crippen molar-refractivity contribution in [3.8, 4) is 10.9 Å². The van der Waals surface area contributed by atoms with Crippen LogP contribution in [0, 0.1) is 6.92 Å². The van der Waals surface area contributed by atoms with Crippen molar-refractivity contribution in [2.24, 2.45) is 0 Å². The second kappa shape index (κ2) is 5.17. The summed E-state index contributed by atoms with van der Waals surface area (Å²) in [6, 6.07) is 11.4. The average molecular weight is 323 g/mol. The lowest BCUT2D eigenvalue weighted by Gasteiger charge is -2.04. The Labute approximate surface area is 135 Å². The molecule has 0 saturated carbocycles. The number of rotatable bonds is 2. The molecule has 0 atom stereocenters. The highest BCUT2D eigenvalue weighted by molar-refractivity contribution is 7.20. The third kappa shape index (κ3) is 2.19. The molecule has 0 saturated heterocycles. The molecule has 0 aliphatic rings. The van der Waals surface area contributed by atoms with Gasteiger partial charge in [-0.3, -0.25) is 4.79 Å². The van der Waals surface area contributed by atoms with Crippen LogP contribution in [0.4, 0.5) is 0 Å². The zero-order chi connectivity index (χ0) is 16.0. The Hall–Kier alpha value is -2.73. The van der Waals surface area contributed by atoms with E-state index in [1.165, 1.54) is 16.0 Å². The summed E-state index contributed by atoms with van der Waals surface area (Å²) in [5.41, 5.74) is 1.80. The molecule has 2 aromatic carbocycles. The minimum absolute atomic E-state index is 0.196. The maximum absolute atomic E-state index is 12.8. The first-order chi connectivity index (χ1) is 11.2. The van der Waals surface area contributed by atoms with Gasteiger partial charge in [-0.2, -0.15) is 9.78 Å². The van der Waals surface area contributed by atoms with E-state index in [0.29, 0.717) is 16.3 Å². The molecular weight excluding hydrogens is 310 g/mol. The topological polar surface area (TPSA) is 57.0 Å². The van der Waals surface area contributed by atoms with Crippen molar-refractivity contribution in [2.45, 2.75) is 6.92 Å². The van der Waals surface area contributed by atoms with Crippen molar-refractivity contribution in [1.82, 2.24) is 14.8 Å². The minimum atomic E-state index is -0.196. The molecule has 5 nitrogen and oxygen atoms in total. The lowest BCUT2D eigenvalue weighted by atomic mass is 10.2. The van der Waals surface area contributed by atoms with Crippen molar-refractivity contribution in [3.05, 3.63) is 58.5 Å². The van der Waals surface area contributed by atoms with Gasteiger partial charge in [0, 0.05) is 5.39 Å². The van der Waals surface area contributed by atoms with Crippen molar-refractivity contribution >= 4 is 32.3 Å². The van der Waals surface area contributed by atoms with Gasteiger partial charge in [-0.15, -0.1) is 0 Å². The number of methoxy groups -OCH3 is 1. The number of ether oxygens (including phenoxy) is 1. The van der Waals surface area contributed by atoms with Crippen LogP contribution < -0.4 is 10.3 Å². The van der Waals surface area contributed by atoms with E-state index in [9.17, 15) is 4.79 Å². The molecule has 0 fully saturated rings. The Balaban J connectivity index is 1.98. The predicted octanol–water partition coefficient (Wildman–Crippen LogP) is 3.31. The molecule has 0 aliphatic carbocycles. The van der Waals surface area contributed by atoms with E-state index >= 15 is 0 Å². The van der Waals surface area contributed by atoms with Gasteiger partial charge in [-0.05, 0) is 36.8 Å². The van der Waals surface area contributed by atoms with E-state index in [0.717, 1.165) is 21.2 Å². The lowest BCUT2D eigenvalue weighted by Crippen LogP contribution is -2.20. The summed E-state index contributed by atoms with van der Waals surface area (Å²) in [6.07, 6.45) is 1.68. The highest BCUT2D eigenvalue weighted by Crippen LogP contribution is 2.26. The molecule has 0 radical (unpaired) electrons. The zero-order valence-corrected chi connectivity index (χ0v) is 13.4. The quantitative estimate of drug-likeness (QED) is 0.568. The van der Waals surface area contributed by atoms with Crippen LogP contribution in [-0.4, -0.2) is 21.9 Å². The number of hydrogen-bond donors (Lipinski definition) is 0. The standard InChI is InChI=1S/C17H13N3O2S/c1-10-4-3-5-14-15(10)19-17(23-14)20-16(21)13-8-12(22-2)7-6-11(13)9-18-20/h3-9H,1-2H3. The van der Waals surface area contributed by atoms with Gasteiger partial charge in [0.2, 0.25) is 5.13 Å². The highest BCUT2D eigenvalue weighted by atomic mass is 32.1. The highest BCUT2D eigenvalue weighted by Gasteiger charge is 2.12. The van der Waals surface area contributed by atoms with Gasteiger partial charge in [-0.1, -0.05) is 23.5 Å². The summed E-state index contributed by atoms with van der Waals surface area (Å²) in [4.78, 5) is 17.4. The SMILES string of the molecule is COc1ccc2cnn(-c3nc4c(C)cccc4s3)c(=O)c2c1. The number of nitrogens with zero attached hydrogens (tertiary/aromatic N) is 3. The van der Waals surface area contributed by atoms with E-state index in [-0.39, 0.29) is 5.56 Å². The Morgan fingerprint density at radius 1 is 1.22 bits per heavy atom. The Morgan fingerprint density at radius 2 is 2.09 bits per heavy atom. The predicted molar refractivity (Wildman–Crippen MR) is 91.8 cm³/mol. The molecule has 2 aromatic heterocycles. The Kier molecular flexibility index (Phi) is 3.12. The van der Waals surface area contributed by atoms with Gasteiger partial charge in [-0.25, -0.2) is 4.98 Å². The van der Waals surface area contributed by atoms with E-state index < -0.39 is 0 Å². The van der Waals surface area contributed by atoms with Gasteiger partial charge >= 0.3 is 0 Å². The maximum atomic E-state index is 12.8. The third-order valence-corrected chi connectivity index (χ3v) is 4.78. The van der Waals surface area contributed by atoms with Crippen LogP contribution in [0.5, 0.6) is 5.75 Å². The van der Waals surface area contributed by atoms with Crippen LogP contribution in [0.25, 0.3) is 26.1 Å². The molecule has 0 N–H and O–H groups in total. The molecule has 6 heteroatoms. The summed E-state index contributed by atoms with van der Waals surface area (Å²) in [5, 5.41) is 6.19. The van der Waals surface area contributed by atoms with E-state index in [4.69, 9.17) is 4.74 Å². The van der Waals surface area contributed by atoms with Crippen LogP contribution in [0.3, 0.4) is 0 Å². The number of aryl methyl sites for hydroxylation is 1. The molecular formula is C17H13N3O2S. The second-order valence-electron chi connectivity index (χ2n) is 5.23. The number of para-hydroxylation sites is 1. The van der Waals surface area contributed by atoms with Crippen LogP contribution in [0.2, 0.25) is 0 Å². The summed E-state index contributed by atoms with van der Waals surface area (Å²) >= 11 is 1.46. The largest absolute Gasteiger partial charge is 0.497 e. The first-order valence-electron chi connectivity index (χ1n) is 7.10. The van der Waals surface area contributed by atoms with Gasteiger partial charge in [0.15, 0.2) is 0 Å². The molecule has 0 aliphatic heterocycles. The third-order valence-electron chi connectivity index (χ3n) is 3.79. The van der Waals surface area contributed by atoms with E-state index in [1.54, 1.807) is 19.4 Å². The van der Waals surface area contributed by atoms with Gasteiger partial charge in [0.1, 0.15) is 5.75 Å². The monoisotopic (exact) mass is 323 g/mol. The minimum Gasteiger partial charge on any atom is -0.497 e. The fourth-order valence-electron chi connectivity index (χ4n) is 2.55. The number of benzene rings is 2. The number of aromatic nitrogens is 3. The summed E-state index contributed by atoms with van der Waals surface area (Å²) in [6.45, 7) is 2.01. The second-order valence-corrected chi connectivity index (χ2v) is 6.24. The van der Waals surface area contributed by atoms with Gasteiger partial charge < -0.3 is 4.74 Å². The number of thiazole rings is 1. The zero-order valence-electron chi connectivity index (χ0n) is 12.6. The van der Waals surface area contributed by atoms with Crippen molar-refractivity contribution in [1.29, 1.82) is 0 Å². The van der Waals surface area contributed by atoms with Gasteiger partial charge in [0.25, 0.3) is 5.56 Å². The number of fused-ring (bicyclic) bond motifs is 2. The van der Waals surface area contributed by atoms with E-state index in [2.05, 4.69) is 10.1 Å². The Morgan fingerprint density at radius 3 is 2.87 bits per heavy atom. The van der Waals surface area contributed by atoms with E-state index in [1.807, 2.05) is 37.3 Å². The fourth-order valence-corrected chi connectivity index (χ4v) is 3.55. The fraction of sp³-hybridized carbons (Fsp3) is 0.118. The Bertz CT molecular complexity index is 1100. The number of hydrogen-bond acceptors (Lipinski definition) is 5. The molecule has 114 valence electrons. The van der Waals surface area contributed by atoms with Crippen LogP contribution >= 0.6 is 11.3 Å². The molecule has 4 aromatic rings. The van der Waals surface area contributed by atoms with Gasteiger partial charge in [0.05, 0.1) is 28.9 Å². The van der Waals surface area contributed by atoms with Crippen LogP contribution in [0.1, 0.15) is 5.56 Å². The van der Waals surface area contributed by atoms with Crippen molar-refractivity contribution < 1.29 is 4.74 Å². The van der Waals surface area contributed by atoms with Crippen LogP contribution in [0.15, 0.2) is 47.4 Å². The molecule has 0 unspecified atom stereocenters.